The lowest BCUT2D eigenvalue weighted by molar-refractivity contribution is 0.414. The Morgan fingerprint density at radius 2 is 1.63 bits per heavy atom. The predicted molar refractivity (Wildman–Crippen MR) is 73.1 cm³/mol. The van der Waals surface area contributed by atoms with Gasteiger partial charge in [0.05, 0.1) is 13.2 Å². The van der Waals surface area contributed by atoms with Crippen molar-refractivity contribution in [3.63, 3.8) is 0 Å². The monoisotopic (exact) mass is 327 g/mol. The van der Waals surface area contributed by atoms with Gasteiger partial charge in [-0.05, 0) is 29.8 Å². The van der Waals surface area contributed by atoms with Crippen molar-refractivity contribution in [3.8, 4) is 5.75 Å². The highest BCUT2D eigenvalue weighted by molar-refractivity contribution is 9.10. The topological polar surface area (TPSA) is 35.2 Å². The van der Waals surface area contributed by atoms with Crippen LogP contribution in [0.5, 0.6) is 5.75 Å². The molecule has 0 heterocycles. The van der Waals surface area contributed by atoms with Gasteiger partial charge in [-0.25, -0.2) is 8.78 Å². The van der Waals surface area contributed by atoms with Gasteiger partial charge < -0.3 is 10.5 Å². The van der Waals surface area contributed by atoms with Gasteiger partial charge in [0, 0.05) is 10.0 Å². The summed E-state index contributed by atoms with van der Waals surface area (Å²) in [5, 5.41) is 0. The lowest BCUT2D eigenvalue weighted by atomic mass is 9.98. The molecule has 2 aromatic rings. The summed E-state index contributed by atoms with van der Waals surface area (Å²) in [5.41, 5.74) is 6.39. The van der Waals surface area contributed by atoms with E-state index in [4.69, 9.17) is 10.5 Å². The Morgan fingerprint density at radius 1 is 1.11 bits per heavy atom. The minimum atomic E-state index is -0.862. The van der Waals surface area contributed by atoms with Gasteiger partial charge in [-0.1, -0.05) is 28.1 Å². The highest BCUT2D eigenvalue weighted by atomic mass is 79.9. The third-order valence-electron chi connectivity index (χ3n) is 2.83. The van der Waals surface area contributed by atoms with Gasteiger partial charge in [0.2, 0.25) is 0 Å². The largest absolute Gasteiger partial charge is 0.497 e. The van der Waals surface area contributed by atoms with Gasteiger partial charge in [-0.2, -0.15) is 0 Å². The van der Waals surface area contributed by atoms with E-state index in [0.717, 1.165) is 0 Å². The van der Waals surface area contributed by atoms with E-state index in [1.54, 1.807) is 31.4 Å². The molecule has 5 heteroatoms. The van der Waals surface area contributed by atoms with Crippen LogP contribution in [0.25, 0.3) is 0 Å². The van der Waals surface area contributed by atoms with Gasteiger partial charge in [0.25, 0.3) is 0 Å². The molecule has 0 saturated carbocycles. The van der Waals surface area contributed by atoms with Gasteiger partial charge in [0.15, 0.2) is 0 Å². The molecule has 1 atom stereocenters. The maximum atomic E-state index is 13.8. The quantitative estimate of drug-likeness (QED) is 0.931. The Balaban J connectivity index is 2.40. The first-order chi connectivity index (χ1) is 9.02. The van der Waals surface area contributed by atoms with Crippen LogP contribution in [0.1, 0.15) is 17.2 Å². The molecule has 2 N–H and O–H groups in total. The Morgan fingerprint density at radius 3 is 2.11 bits per heavy atom. The number of nitrogens with two attached hydrogens (primary N) is 1. The standard InChI is InChI=1S/C14H12BrF2NO/c1-19-10-4-2-8(3-5-10)14(18)13-11(16)6-9(15)7-12(13)17/h2-7,14H,18H2,1H3. The summed E-state index contributed by atoms with van der Waals surface area (Å²) < 4.78 is 33.0. The normalized spacial score (nSPS) is 12.3. The number of hydrogen-bond acceptors (Lipinski definition) is 2. The second kappa shape index (κ2) is 5.67. The first-order valence-electron chi connectivity index (χ1n) is 5.57. The number of ether oxygens (including phenoxy) is 1. The maximum Gasteiger partial charge on any atom is 0.132 e. The molecule has 2 nitrogen and oxygen atoms in total. The summed E-state index contributed by atoms with van der Waals surface area (Å²) in [6, 6.07) is 8.30. The van der Waals surface area contributed by atoms with Crippen molar-refractivity contribution >= 4 is 15.9 Å². The number of hydrogen-bond donors (Lipinski definition) is 1. The zero-order valence-electron chi connectivity index (χ0n) is 10.2. The van der Waals surface area contributed by atoms with E-state index in [9.17, 15) is 8.78 Å². The van der Waals surface area contributed by atoms with Gasteiger partial charge in [-0.3, -0.25) is 0 Å². The Kier molecular flexibility index (Phi) is 4.17. The SMILES string of the molecule is COc1ccc(C(N)c2c(F)cc(Br)cc2F)cc1. The van der Waals surface area contributed by atoms with Crippen molar-refractivity contribution in [3.05, 3.63) is 63.6 Å². The van der Waals surface area contributed by atoms with Crippen LogP contribution in [0, 0.1) is 11.6 Å². The minimum absolute atomic E-state index is 0.145. The number of benzene rings is 2. The third-order valence-corrected chi connectivity index (χ3v) is 3.29. The van der Waals surface area contributed by atoms with Crippen LogP contribution in [0.2, 0.25) is 0 Å². The van der Waals surface area contributed by atoms with Crippen molar-refractivity contribution in [1.82, 2.24) is 0 Å². The van der Waals surface area contributed by atoms with Crippen molar-refractivity contribution in [2.24, 2.45) is 5.73 Å². The Labute approximate surface area is 118 Å². The molecule has 0 aromatic heterocycles. The van der Waals surface area contributed by atoms with E-state index in [0.29, 0.717) is 15.8 Å². The van der Waals surface area contributed by atoms with Crippen LogP contribution in [0.3, 0.4) is 0 Å². The van der Waals surface area contributed by atoms with Crippen LogP contribution in [-0.2, 0) is 0 Å². The van der Waals surface area contributed by atoms with Crippen molar-refractivity contribution in [2.45, 2.75) is 6.04 Å². The second-order valence-electron chi connectivity index (χ2n) is 4.03. The average molecular weight is 328 g/mol. The zero-order chi connectivity index (χ0) is 14.0. The number of methoxy groups -OCH3 is 1. The molecule has 2 aromatic carbocycles. The van der Waals surface area contributed by atoms with Crippen LogP contribution in [-0.4, -0.2) is 7.11 Å². The summed E-state index contributed by atoms with van der Waals surface area (Å²) in [6.45, 7) is 0. The Hall–Kier alpha value is -1.46. The summed E-state index contributed by atoms with van der Waals surface area (Å²) in [5.74, 6) is -0.682. The molecule has 0 amide bonds. The molecule has 0 bridgehead atoms. The fourth-order valence-electron chi connectivity index (χ4n) is 1.83. The fourth-order valence-corrected chi connectivity index (χ4v) is 2.23. The lowest BCUT2D eigenvalue weighted by Crippen LogP contribution is -2.15. The molecule has 0 radical (unpaired) electrons. The van der Waals surface area contributed by atoms with E-state index in [1.807, 2.05) is 0 Å². The van der Waals surface area contributed by atoms with Crippen LogP contribution >= 0.6 is 15.9 Å². The number of halogens is 3. The predicted octanol–water partition coefficient (Wildman–Crippen LogP) is 3.78. The van der Waals surface area contributed by atoms with E-state index < -0.39 is 17.7 Å². The van der Waals surface area contributed by atoms with Crippen molar-refractivity contribution < 1.29 is 13.5 Å². The van der Waals surface area contributed by atoms with E-state index in [1.165, 1.54) is 12.1 Å². The van der Waals surface area contributed by atoms with Crippen molar-refractivity contribution in [1.29, 1.82) is 0 Å². The highest BCUT2D eigenvalue weighted by Gasteiger charge is 2.19. The molecule has 100 valence electrons. The van der Waals surface area contributed by atoms with Crippen molar-refractivity contribution in [2.75, 3.05) is 7.11 Å². The van der Waals surface area contributed by atoms with E-state index in [-0.39, 0.29) is 5.56 Å². The average Bonchev–Trinajstić information content (AvgIpc) is 2.37. The van der Waals surface area contributed by atoms with Crippen LogP contribution < -0.4 is 10.5 Å². The zero-order valence-corrected chi connectivity index (χ0v) is 11.7. The van der Waals surface area contributed by atoms with Crippen LogP contribution in [0.4, 0.5) is 8.78 Å². The first-order valence-corrected chi connectivity index (χ1v) is 6.36. The van der Waals surface area contributed by atoms with Gasteiger partial charge in [-0.15, -0.1) is 0 Å². The third kappa shape index (κ3) is 2.93. The second-order valence-corrected chi connectivity index (χ2v) is 4.95. The molecule has 19 heavy (non-hydrogen) atoms. The van der Waals surface area contributed by atoms with Crippen LogP contribution in [0.15, 0.2) is 40.9 Å². The molecule has 0 saturated heterocycles. The summed E-state index contributed by atoms with van der Waals surface area (Å²) in [7, 11) is 1.54. The first kappa shape index (κ1) is 14.0. The van der Waals surface area contributed by atoms with Gasteiger partial charge in [0.1, 0.15) is 17.4 Å². The molecule has 0 fully saturated rings. The molecule has 2 rings (SSSR count). The molecule has 0 spiro atoms. The summed E-state index contributed by atoms with van der Waals surface area (Å²) >= 11 is 3.03. The molecule has 1 unspecified atom stereocenters. The summed E-state index contributed by atoms with van der Waals surface area (Å²) in [6.07, 6.45) is 0. The van der Waals surface area contributed by atoms with E-state index >= 15 is 0 Å². The molecule has 0 aliphatic carbocycles. The van der Waals surface area contributed by atoms with Gasteiger partial charge >= 0.3 is 0 Å². The highest BCUT2D eigenvalue weighted by Crippen LogP contribution is 2.28. The smallest absolute Gasteiger partial charge is 0.132 e. The molecular formula is C14H12BrF2NO. The maximum absolute atomic E-state index is 13.8. The lowest BCUT2D eigenvalue weighted by Gasteiger charge is -2.15. The number of rotatable bonds is 3. The minimum Gasteiger partial charge on any atom is -0.497 e. The molecule has 0 aliphatic rings. The molecule has 0 aliphatic heterocycles. The molecular weight excluding hydrogens is 316 g/mol. The summed E-state index contributed by atoms with van der Waals surface area (Å²) in [4.78, 5) is 0. The fraction of sp³-hybridized carbons (Fsp3) is 0.143. The Bertz CT molecular complexity index is 563. The van der Waals surface area contributed by atoms with E-state index in [2.05, 4.69) is 15.9 Å².